The Balaban J connectivity index is 2.16. The van der Waals surface area contributed by atoms with Gasteiger partial charge in [0.15, 0.2) is 0 Å². The minimum Gasteiger partial charge on any atom is -0.478 e. The number of aromatic carboxylic acids is 1. The summed E-state index contributed by atoms with van der Waals surface area (Å²) >= 11 is 0. The van der Waals surface area contributed by atoms with E-state index in [1.807, 2.05) is 23.7 Å². The second kappa shape index (κ2) is 4.76. The highest BCUT2D eigenvalue weighted by Gasteiger charge is 2.12. The van der Waals surface area contributed by atoms with Gasteiger partial charge in [-0.3, -0.25) is 0 Å². The Labute approximate surface area is 120 Å². The van der Waals surface area contributed by atoms with E-state index in [2.05, 4.69) is 11.1 Å². The van der Waals surface area contributed by atoms with Crippen LogP contribution in [0.1, 0.15) is 15.9 Å². The van der Waals surface area contributed by atoms with Crippen molar-refractivity contribution in [1.82, 2.24) is 9.55 Å². The molecule has 1 aromatic heterocycles. The number of carboxylic acid groups (broad SMARTS) is 1. The number of nitriles is 1. The number of aromatic nitrogens is 2. The number of hydrogen-bond acceptors (Lipinski definition) is 3. The van der Waals surface area contributed by atoms with Gasteiger partial charge < -0.3 is 9.67 Å². The fourth-order valence-corrected chi connectivity index (χ4v) is 2.28. The molecule has 1 heterocycles. The van der Waals surface area contributed by atoms with Gasteiger partial charge in [-0.05, 0) is 42.5 Å². The lowest BCUT2D eigenvalue weighted by Crippen LogP contribution is -1.95. The van der Waals surface area contributed by atoms with Gasteiger partial charge in [-0.2, -0.15) is 5.26 Å². The summed E-state index contributed by atoms with van der Waals surface area (Å²) in [6, 6.07) is 14.1. The van der Waals surface area contributed by atoms with E-state index in [9.17, 15) is 4.79 Å². The Morgan fingerprint density at radius 1 is 1.24 bits per heavy atom. The van der Waals surface area contributed by atoms with Crippen molar-refractivity contribution in [2.45, 2.75) is 0 Å². The van der Waals surface area contributed by atoms with E-state index >= 15 is 0 Å². The quantitative estimate of drug-likeness (QED) is 0.781. The number of rotatable bonds is 2. The molecular formula is C16H11N3O2. The van der Waals surface area contributed by atoms with Gasteiger partial charge in [0, 0.05) is 12.6 Å². The van der Waals surface area contributed by atoms with Crippen molar-refractivity contribution in [1.29, 1.82) is 5.26 Å². The van der Waals surface area contributed by atoms with E-state index in [-0.39, 0.29) is 5.56 Å². The molecule has 0 saturated carbocycles. The van der Waals surface area contributed by atoms with Gasteiger partial charge in [0.05, 0.1) is 28.2 Å². The summed E-state index contributed by atoms with van der Waals surface area (Å²) in [4.78, 5) is 15.5. The molecule has 0 saturated heterocycles. The van der Waals surface area contributed by atoms with Crippen LogP contribution in [-0.4, -0.2) is 20.6 Å². The number of carbonyl (C=O) groups is 1. The summed E-state index contributed by atoms with van der Waals surface area (Å²) in [5.41, 5.74) is 3.18. The van der Waals surface area contributed by atoms with Crippen molar-refractivity contribution in [3.8, 4) is 17.5 Å². The lowest BCUT2D eigenvalue weighted by molar-refractivity contribution is 0.0697. The average Bonchev–Trinajstić information content (AvgIpc) is 2.84. The summed E-state index contributed by atoms with van der Waals surface area (Å²) in [6.07, 6.45) is 0. The van der Waals surface area contributed by atoms with E-state index in [1.165, 1.54) is 0 Å². The third kappa shape index (κ3) is 2.13. The van der Waals surface area contributed by atoms with Gasteiger partial charge in [-0.15, -0.1) is 0 Å². The number of fused-ring (bicyclic) bond motifs is 1. The maximum absolute atomic E-state index is 11.0. The third-order valence-electron chi connectivity index (χ3n) is 3.40. The van der Waals surface area contributed by atoms with Crippen molar-refractivity contribution in [3.63, 3.8) is 0 Å². The second-order valence-electron chi connectivity index (χ2n) is 4.69. The topological polar surface area (TPSA) is 78.9 Å². The van der Waals surface area contributed by atoms with Crippen LogP contribution in [0.4, 0.5) is 0 Å². The Hall–Kier alpha value is -3.13. The minimum atomic E-state index is -0.970. The van der Waals surface area contributed by atoms with Crippen LogP contribution in [0.25, 0.3) is 22.4 Å². The zero-order valence-corrected chi connectivity index (χ0v) is 11.2. The zero-order chi connectivity index (χ0) is 15.0. The highest BCUT2D eigenvalue weighted by Crippen LogP contribution is 2.24. The van der Waals surface area contributed by atoms with Crippen molar-refractivity contribution in [2.24, 2.45) is 7.05 Å². The fourth-order valence-electron chi connectivity index (χ4n) is 2.28. The molecule has 3 aromatic rings. The van der Waals surface area contributed by atoms with E-state index in [1.54, 1.807) is 30.3 Å². The molecule has 2 aromatic carbocycles. The molecule has 3 rings (SSSR count). The molecule has 102 valence electrons. The molecular weight excluding hydrogens is 266 g/mol. The van der Waals surface area contributed by atoms with Crippen LogP contribution in [0.5, 0.6) is 0 Å². The molecule has 5 heteroatoms. The smallest absolute Gasteiger partial charge is 0.335 e. The lowest BCUT2D eigenvalue weighted by atomic mass is 10.1. The van der Waals surface area contributed by atoms with Gasteiger partial charge in [-0.1, -0.05) is 0 Å². The molecule has 0 aliphatic heterocycles. The number of nitrogens with zero attached hydrogens (tertiary/aromatic N) is 3. The highest BCUT2D eigenvalue weighted by atomic mass is 16.4. The van der Waals surface area contributed by atoms with Crippen molar-refractivity contribution in [2.75, 3.05) is 0 Å². The van der Waals surface area contributed by atoms with E-state index in [4.69, 9.17) is 10.4 Å². The first-order valence-electron chi connectivity index (χ1n) is 6.30. The maximum atomic E-state index is 11.0. The third-order valence-corrected chi connectivity index (χ3v) is 3.40. The molecule has 0 radical (unpaired) electrons. The Morgan fingerprint density at radius 3 is 2.57 bits per heavy atom. The van der Waals surface area contributed by atoms with E-state index < -0.39 is 5.97 Å². The molecule has 1 N–H and O–H groups in total. The summed E-state index contributed by atoms with van der Waals surface area (Å²) < 4.78 is 1.91. The standard InChI is InChI=1S/C16H11N3O2/c1-19-14-7-6-12(16(20)21)8-13(14)18-15(19)11-4-2-10(9-17)3-5-11/h2-8H,1H3,(H,20,21). The molecule has 0 unspecified atom stereocenters. The summed E-state index contributed by atoms with van der Waals surface area (Å²) in [6.45, 7) is 0. The van der Waals surface area contributed by atoms with Crippen LogP contribution in [0, 0.1) is 11.3 Å². The van der Waals surface area contributed by atoms with Crippen LogP contribution in [0.15, 0.2) is 42.5 Å². The normalized spacial score (nSPS) is 10.5. The number of imidazole rings is 1. The van der Waals surface area contributed by atoms with Gasteiger partial charge in [-0.25, -0.2) is 9.78 Å². The molecule has 21 heavy (non-hydrogen) atoms. The van der Waals surface area contributed by atoms with Crippen LogP contribution < -0.4 is 0 Å². The van der Waals surface area contributed by atoms with Crippen LogP contribution in [-0.2, 0) is 7.05 Å². The molecule has 0 bridgehead atoms. The molecule has 0 fully saturated rings. The second-order valence-corrected chi connectivity index (χ2v) is 4.69. The largest absolute Gasteiger partial charge is 0.478 e. The van der Waals surface area contributed by atoms with Crippen molar-refractivity contribution in [3.05, 3.63) is 53.6 Å². The number of carboxylic acids is 1. The molecule has 0 spiro atoms. The molecule has 0 aliphatic rings. The average molecular weight is 277 g/mol. The fraction of sp³-hybridized carbons (Fsp3) is 0.0625. The predicted octanol–water partition coefficient (Wildman–Crippen LogP) is 2.81. The van der Waals surface area contributed by atoms with Crippen molar-refractivity contribution < 1.29 is 9.90 Å². The summed E-state index contributed by atoms with van der Waals surface area (Å²) in [5, 5.41) is 17.9. The van der Waals surface area contributed by atoms with Gasteiger partial charge in [0.1, 0.15) is 5.82 Å². The van der Waals surface area contributed by atoms with Gasteiger partial charge >= 0.3 is 5.97 Å². The van der Waals surface area contributed by atoms with Crippen LogP contribution in [0.2, 0.25) is 0 Å². The number of benzene rings is 2. The highest BCUT2D eigenvalue weighted by molar-refractivity contribution is 5.93. The SMILES string of the molecule is Cn1c(-c2ccc(C#N)cc2)nc2cc(C(=O)O)ccc21. The molecule has 0 aliphatic carbocycles. The summed E-state index contributed by atoms with van der Waals surface area (Å²) in [5.74, 6) is -0.237. The first kappa shape index (κ1) is 12.9. The first-order chi connectivity index (χ1) is 10.1. The Bertz CT molecular complexity index is 886. The lowest BCUT2D eigenvalue weighted by Gasteiger charge is -2.02. The number of aryl methyl sites for hydroxylation is 1. The first-order valence-corrected chi connectivity index (χ1v) is 6.30. The maximum Gasteiger partial charge on any atom is 0.335 e. The van der Waals surface area contributed by atoms with E-state index in [0.29, 0.717) is 11.1 Å². The monoisotopic (exact) mass is 277 g/mol. The Kier molecular flexibility index (Phi) is 2.92. The van der Waals surface area contributed by atoms with Gasteiger partial charge in [0.2, 0.25) is 0 Å². The summed E-state index contributed by atoms with van der Waals surface area (Å²) in [7, 11) is 1.88. The Morgan fingerprint density at radius 2 is 1.95 bits per heavy atom. The zero-order valence-electron chi connectivity index (χ0n) is 11.2. The van der Waals surface area contributed by atoms with Crippen molar-refractivity contribution >= 4 is 17.0 Å². The molecule has 5 nitrogen and oxygen atoms in total. The van der Waals surface area contributed by atoms with Crippen LogP contribution in [0.3, 0.4) is 0 Å². The molecule has 0 amide bonds. The van der Waals surface area contributed by atoms with Gasteiger partial charge in [0.25, 0.3) is 0 Å². The minimum absolute atomic E-state index is 0.215. The molecule has 0 atom stereocenters. The van der Waals surface area contributed by atoms with E-state index in [0.717, 1.165) is 16.9 Å². The number of hydrogen-bond donors (Lipinski definition) is 1. The van der Waals surface area contributed by atoms with Crippen LogP contribution >= 0.6 is 0 Å². The predicted molar refractivity (Wildman–Crippen MR) is 77.8 cm³/mol.